The summed E-state index contributed by atoms with van der Waals surface area (Å²) in [5, 5.41) is 5.90. The predicted octanol–water partition coefficient (Wildman–Crippen LogP) is 2.45. The Hall–Kier alpha value is -1.62. The van der Waals surface area contributed by atoms with Crippen molar-refractivity contribution < 1.29 is 4.79 Å². The SMILES string of the molecule is NC(=S)c1cccc(CNC(=O)NC2CCCCC2)c1. The summed E-state index contributed by atoms with van der Waals surface area (Å²) in [5.74, 6) is 0. The lowest BCUT2D eigenvalue weighted by atomic mass is 9.96. The molecule has 0 radical (unpaired) electrons. The van der Waals surface area contributed by atoms with Crippen LogP contribution in [0.3, 0.4) is 0 Å². The van der Waals surface area contributed by atoms with E-state index in [1.807, 2.05) is 24.3 Å². The Labute approximate surface area is 125 Å². The van der Waals surface area contributed by atoms with Gasteiger partial charge in [0.25, 0.3) is 0 Å². The zero-order valence-electron chi connectivity index (χ0n) is 11.5. The predicted molar refractivity (Wildman–Crippen MR) is 84.6 cm³/mol. The van der Waals surface area contributed by atoms with Crippen molar-refractivity contribution in [3.63, 3.8) is 0 Å². The number of nitrogens with one attached hydrogen (secondary N) is 2. The van der Waals surface area contributed by atoms with Gasteiger partial charge in [-0.3, -0.25) is 0 Å². The van der Waals surface area contributed by atoms with Gasteiger partial charge in [-0.15, -0.1) is 0 Å². The first-order valence-corrected chi connectivity index (χ1v) is 7.49. The van der Waals surface area contributed by atoms with Crippen LogP contribution in [-0.2, 0) is 6.54 Å². The Morgan fingerprint density at radius 2 is 2.05 bits per heavy atom. The fourth-order valence-corrected chi connectivity index (χ4v) is 2.63. The number of carbonyl (C=O) groups is 1. The van der Waals surface area contributed by atoms with Crippen LogP contribution in [0.1, 0.15) is 43.2 Å². The Balaban J connectivity index is 1.80. The second-order valence-electron chi connectivity index (χ2n) is 5.23. The number of amides is 2. The van der Waals surface area contributed by atoms with Crippen LogP contribution in [0.25, 0.3) is 0 Å². The zero-order valence-corrected chi connectivity index (χ0v) is 12.3. The van der Waals surface area contributed by atoms with Gasteiger partial charge < -0.3 is 16.4 Å². The van der Waals surface area contributed by atoms with Gasteiger partial charge in [-0.1, -0.05) is 49.7 Å². The van der Waals surface area contributed by atoms with Crippen LogP contribution in [0, 0.1) is 0 Å². The van der Waals surface area contributed by atoms with Crippen molar-refractivity contribution >= 4 is 23.2 Å². The molecule has 0 aromatic heterocycles. The minimum Gasteiger partial charge on any atom is -0.389 e. The van der Waals surface area contributed by atoms with E-state index in [0.29, 0.717) is 17.6 Å². The molecule has 0 unspecified atom stereocenters. The van der Waals surface area contributed by atoms with E-state index in [9.17, 15) is 4.79 Å². The van der Waals surface area contributed by atoms with Crippen LogP contribution in [0.4, 0.5) is 4.79 Å². The third kappa shape index (κ3) is 4.49. The molecule has 4 N–H and O–H groups in total. The number of benzene rings is 1. The second-order valence-corrected chi connectivity index (χ2v) is 5.67. The molecule has 1 aromatic rings. The van der Waals surface area contributed by atoms with Crippen LogP contribution >= 0.6 is 12.2 Å². The van der Waals surface area contributed by atoms with Crippen LogP contribution < -0.4 is 16.4 Å². The van der Waals surface area contributed by atoms with E-state index in [4.69, 9.17) is 18.0 Å². The number of hydrogen-bond acceptors (Lipinski definition) is 2. The molecule has 0 bridgehead atoms. The smallest absolute Gasteiger partial charge is 0.315 e. The molecule has 1 aliphatic rings. The van der Waals surface area contributed by atoms with Gasteiger partial charge in [0.05, 0.1) is 0 Å². The highest BCUT2D eigenvalue weighted by molar-refractivity contribution is 7.80. The van der Waals surface area contributed by atoms with Gasteiger partial charge >= 0.3 is 6.03 Å². The summed E-state index contributed by atoms with van der Waals surface area (Å²) in [5.41, 5.74) is 7.41. The largest absolute Gasteiger partial charge is 0.389 e. The first kappa shape index (κ1) is 14.8. The van der Waals surface area contributed by atoms with Gasteiger partial charge in [0.15, 0.2) is 0 Å². The molecule has 1 fully saturated rings. The summed E-state index contributed by atoms with van der Waals surface area (Å²) in [6, 6.07) is 7.84. The van der Waals surface area contributed by atoms with Crippen LogP contribution in [-0.4, -0.2) is 17.1 Å². The van der Waals surface area contributed by atoms with E-state index in [0.717, 1.165) is 24.0 Å². The quantitative estimate of drug-likeness (QED) is 0.747. The number of hydrogen-bond donors (Lipinski definition) is 3. The molecule has 1 saturated carbocycles. The van der Waals surface area contributed by atoms with Gasteiger partial charge in [-0.25, -0.2) is 4.79 Å². The monoisotopic (exact) mass is 291 g/mol. The lowest BCUT2D eigenvalue weighted by Gasteiger charge is -2.22. The molecule has 2 rings (SSSR count). The van der Waals surface area contributed by atoms with Crippen LogP contribution in [0.15, 0.2) is 24.3 Å². The highest BCUT2D eigenvalue weighted by Gasteiger charge is 2.15. The molecule has 2 amide bonds. The van der Waals surface area contributed by atoms with Crippen molar-refractivity contribution in [2.24, 2.45) is 5.73 Å². The van der Waals surface area contributed by atoms with Gasteiger partial charge in [-0.2, -0.15) is 0 Å². The third-order valence-corrected chi connectivity index (χ3v) is 3.84. The normalized spacial score (nSPS) is 15.6. The van der Waals surface area contributed by atoms with Crippen LogP contribution in [0.5, 0.6) is 0 Å². The number of rotatable bonds is 4. The van der Waals surface area contributed by atoms with Gasteiger partial charge in [0.2, 0.25) is 0 Å². The molecule has 4 nitrogen and oxygen atoms in total. The molecule has 0 saturated heterocycles. The van der Waals surface area contributed by atoms with E-state index < -0.39 is 0 Å². The Morgan fingerprint density at radius 3 is 2.75 bits per heavy atom. The summed E-state index contributed by atoms with van der Waals surface area (Å²) < 4.78 is 0. The summed E-state index contributed by atoms with van der Waals surface area (Å²) in [6.07, 6.45) is 5.88. The van der Waals surface area contributed by atoms with E-state index in [2.05, 4.69) is 10.6 Å². The summed E-state index contributed by atoms with van der Waals surface area (Å²) in [6.45, 7) is 0.481. The van der Waals surface area contributed by atoms with Gasteiger partial charge in [-0.05, 0) is 24.5 Å². The van der Waals surface area contributed by atoms with E-state index in [1.54, 1.807) is 0 Å². The lowest BCUT2D eigenvalue weighted by molar-refractivity contribution is 0.232. The van der Waals surface area contributed by atoms with Gasteiger partial charge in [0, 0.05) is 18.2 Å². The molecular weight excluding hydrogens is 270 g/mol. The highest BCUT2D eigenvalue weighted by Crippen LogP contribution is 2.17. The standard InChI is InChI=1S/C15H21N3OS/c16-14(20)12-6-4-5-11(9-12)10-17-15(19)18-13-7-2-1-3-8-13/h4-6,9,13H,1-3,7-8,10H2,(H2,16,20)(H2,17,18,19). The van der Waals surface area contributed by atoms with E-state index >= 15 is 0 Å². The molecular formula is C15H21N3OS. The maximum absolute atomic E-state index is 11.8. The maximum Gasteiger partial charge on any atom is 0.315 e. The van der Waals surface area contributed by atoms with Crippen molar-refractivity contribution in [3.8, 4) is 0 Å². The molecule has 5 heteroatoms. The first-order valence-electron chi connectivity index (χ1n) is 7.08. The molecule has 0 heterocycles. The zero-order chi connectivity index (χ0) is 14.4. The third-order valence-electron chi connectivity index (χ3n) is 3.60. The van der Waals surface area contributed by atoms with E-state index in [1.165, 1.54) is 19.3 Å². The Bertz CT molecular complexity index is 484. The fraction of sp³-hybridized carbons (Fsp3) is 0.467. The number of nitrogens with two attached hydrogens (primary N) is 1. The average Bonchev–Trinajstić information content (AvgIpc) is 2.46. The average molecular weight is 291 g/mol. The van der Waals surface area contributed by atoms with Crippen LogP contribution in [0.2, 0.25) is 0 Å². The Morgan fingerprint density at radius 1 is 1.30 bits per heavy atom. The molecule has 20 heavy (non-hydrogen) atoms. The minimum absolute atomic E-state index is 0.0994. The fourth-order valence-electron chi connectivity index (χ4n) is 2.50. The van der Waals surface area contributed by atoms with Crippen molar-refractivity contribution in [1.29, 1.82) is 0 Å². The first-order chi connectivity index (χ1) is 9.65. The van der Waals surface area contributed by atoms with Crippen molar-refractivity contribution in [1.82, 2.24) is 10.6 Å². The topological polar surface area (TPSA) is 67.1 Å². The maximum atomic E-state index is 11.8. The number of thiocarbonyl (C=S) groups is 1. The number of urea groups is 1. The molecule has 0 aliphatic heterocycles. The second kappa shape index (κ2) is 7.24. The summed E-state index contributed by atoms with van der Waals surface area (Å²) >= 11 is 4.94. The van der Waals surface area contributed by atoms with Gasteiger partial charge in [0.1, 0.15) is 4.99 Å². The van der Waals surface area contributed by atoms with Crippen molar-refractivity contribution in [2.75, 3.05) is 0 Å². The minimum atomic E-state index is -0.0994. The van der Waals surface area contributed by atoms with Crippen molar-refractivity contribution in [3.05, 3.63) is 35.4 Å². The number of carbonyl (C=O) groups excluding carboxylic acids is 1. The highest BCUT2D eigenvalue weighted by atomic mass is 32.1. The summed E-state index contributed by atoms with van der Waals surface area (Å²) in [4.78, 5) is 12.2. The molecule has 108 valence electrons. The molecule has 0 spiro atoms. The molecule has 1 aliphatic carbocycles. The lowest BCUT2D eigenvalue weighted by Crippen LogP contribution is -2.42. The molecule has 0 atom stereocenters. The Kier molecular flexibility index (Phi) is 5.35. The van der Waals surface area contributed by atoms with Crippen molar-refractivity contribution in [2.45, 2.75) is 44.7 Å². The summed E-state index contributed by atoms with van der Waals surface area (Å²) in [7, 11) is 0. The van der Waals surface area contributed by atoms with E-state index in [-0.39, 0.29) is 6.03 Å². The molecule has 1 aromatic carbocycles.